The van der Waals surface area contributed by atoms with E-state index in [-0.39, 0.29) is 5.41 Å². The summed E-state index contributed by atoms with van der Waals surface area (Å²) in [5, 5.41) is 19.9. The maximum Gasteiger partial charge on any atom is 0.490 e. The van der Waals surface area contributed by atoms with Gasteiger partial charge in [-0.1, -0.05) is 20.8 Å². The van der Waals surface area contributed by atoms with Gasteiger partial charge in [-0.3, -0.25) is 0 Å². The molecule has 0 radical (unpaired) electrons. The van der Waals surface area contributed by atoms with Crippen LogP contribution in [0.5, 0.6) is 0 Å². The third-order valence-corrected chi connectivity index (χ3v) is 2.01. The lowest BCUT2D eigenvalue weighted by atomic mass is 9.79. The van der Waals surface area contributed by atoms with Gasteiger partial charge in [-0.05, 0) is 11.8 Å². The standard InChI is InChI=1S/C8H17NO.C2HF3O2/c1-7(2,3)4-8(10)5-9-6-8;3-2(4,5)1(6)7/h9-10H,4-6H2,1-3H3;(H,6,7). The largest absolute Gasteiger partial charge is 0.490 e. The van der Waals surface area contributed by atoms with Crippen LogP contribution in [-0.4, -0.2) is 41.0 Å². The van der Waals surface area contributed by atoms with Crippen molar-refractivity contribution in [3.63, 3.8) is 0 Å². The zero-order chi connectivity index (χ0) is 13.9. The maximum absolute atomic E-state index is 10.6. The number of aliphatic hydroxyl groups is 1. The number of alkyl halides is 3. The van der Waals surface area contributed by atoms with Crippen LogP contribution in [0.4, 0.5) is 13.2 Å². The van der Waals surface area contributed by atoms with Crippen LogP contribution in [0.15, 0.2) is 0 Å². The van der Waals surface area contributed by atoms with E-state index < -0.39 is 17.7 Å². The molecule has 1 rings (SSSR count). The van der Waals surface area contributed by atoms with Crippen molar-refractivity contribution >= 4 is 5.97 Å². The SMILES string of the molecule is CC(C)(C)CC1(O)CNC1.O=C(O)C(F)(F)F. The first-order chi connectivity index (χ1) is 7.36. The molecular weight excluding hydrogens is 239 g/mol. The van der Waals surface area contributed by atoms with Crippen LogP contribution in [-0.2, 0) is 4.79 Å². The highest BCUT2D eigenvalue weighted by Crippen LogP contribution is 2.29. The van der Waals surface area contributed by atoms with Crippen LogP contribution in [0.3, 0.4) is 0 Å². The Labute approximate surface area is 97.8 Å². The van der Waals surface area contributed by atoms with Crippen LogP contribution in [0, 0.1) is 5.41 Å². The topological polar surface area (TPSA) is 69.6 Å². The molecule has 7 heteroatoms. The Morgan fingerprint density at radius 2 is 1.65 bits per heavy atom. The number of β-amino-alcohol motifs (C(OH)–C–C–N with tert-alkyl or cyclic N) is 1. The van der Waals surface area contributed by atoms with Gasteiger partial charge in [0.25, 0.3) is 0 Å². The second-order valence-electron chi connectivity index (χ2n) is 5.37. The van der Waals surface area contributed by atoms with Gasteiger partial charge in [0.05, 0.1) is 5.60 Å². The van der Waals surface area contributed by atoms with Crippen molar-refractivity contribution in [3.8, 4) is 0 Å². The van der Waals surface area contributed by atoms with Crippen LogP contribution in [0.2, 0.25) is 0 Å². The van der Waals surface area contributed by atoms with Gasteiger partial charge in [0.15, 0.2) is 0 Å². The summed E-state index contributed by atoms with van der Waals surface area (Å²) in [7, 11) is 0. The number of hydrogen-bond donors (Lipinski definition) is 3. The second kappa shape index (κ2) is 5.22. The molecule has 1 aliphatic heterocycles. The number of carboxylic acids is 1. The van der Waals surface area contributed by atoms with E-state index in [2.05, 4.69) is 26.1 Å². The Morgan fingerprint density at radius 1 is 1.29 bits per heavy atom. The molecule has 102 valence electrons. The lowest BCUT2D eigenvalue weighted by Gasteiger charge is -2.41. The fourth-order valence-electron chi connectivity index (χ4n) is 1.53. The Hall–Kier alpha value is -0.820. The fourth-order valence-corrected chi connectivity index (χ4v) is 1.53. The minimum Gasteiger partial charge on any atom is -0.475 e. The van der Waals surface area contributed by atoms with Crippen molar-refractivity contribution in [1.82, 2.24) is 5.32 Å². The van der Waals surface area contributed by atoms with E-state index in [1.165, 1.54) is 0 Å². The summed E-state index contributed by atoms with van der Waals surface area (Å²) >= 11 is 0. The third kappa shape index (κ3) is 7.17. The zero-order valence-corrected chi connectivity index (χ0v) is 10.1. The smallest absolute Gasteiger partial charge is 0.475 e. The van der Waals surface area contributed by atoms with Crippen LogP contribution >= 0.6 is 0 Å². The van der Waals surface area contributed by atoms with Crippen molar-refractivity contribution in [2.24, 2.45) is 5.41 Å². The lowest BCUT2D eigenvalue weighted by Crippen LogP contribution is -2.60. The highest BCUT2D eigenvalue weighted by molar-refractivity contribution is 5.73. The first kappa shape index (κ1) is 16.2. The minimum absolute atomic E-state index is 0.247. The van der Waals surface area contributed by atoms with Gasteiger partial charge in [0.1, 0.15) is 0 Å². The van der Waals surface area contributed by atoms with E-state index in [4.69, 9.17) is 9.90 Å². The molecule has 1 heterocycles. The van der Waals surface area contributed by atoms with Crippen molar-refractivity contribution < 1.29 is 28.2 Å². The van der Waals surface area contributed by atoms with E-state index in [0.717, 1.165) is 19.5 Å². The molecule has 0 spiro atoms. The summed E-state index contributed by atoms with van der Waals surface area (Å²) in [6.07, 6.45) is -4.19. The molecule has 0 unspecified atom stereocenters. The first-order valence-electron chi connectivity index (χ1n) is 5.09. The Morgan fingerprint density at radius 3 is 1.71 bits per heavy atom. The monoisotopic (exact) mass is 257 g/mol. The molecule has 3 N–H and O–H groups in total. The lowest BCUT2D eigenvalue weighted by molar-refractivity contribution is -0.192. The molecule has 0 bridgehead atoms. The van der Waals surface area contributed by atoms with Crippen LogP contribution in [0.1, 0.15) is 27.2 Å². The fraction of sp³-hybridized carbons (Fsp3) is 0.900. The van der Waals surface area contributed by atoms with Crippen molar-refractivity contribution in [1.29, 1.82) is 0 Å². The van der Waals surface area contributed by atoms with E-state index in [1.807, 2.05) is 0 Å². The first-order valence-corrected chi connectivity index (χ1v) is 5.09. The molecule has 0 saturated carbocycles. The summed E-state index contributed by atoms with van der Waals surface area (Å²) in [5.74, 6) is -2.76. The number of rotatable bonds is 1. The predicted molar refractivity (Wildman–Crippen MR) is 55.6 cm³/mol. The molecule has 17 heavy (non-hydrogen) atoms. The van der Waals surface area contributed by atoms with E-state index in [0.29, 0.717) is 0 Å². The molecule has 0 aliphatic carbocycles. The molecular formula is C10H18F3NO3. The molecule has 0 aromatic heterocycles. The van der Waals surface area contributed by atoms with Gasteiger partial charge in [-0.25, -0.2) is 4.79 Å². The van der Waals surface area contributed by atoms with Gasteiger partial charge < -0.3 is 15.5 Å². The second-order valence-corrected chi connectivity index (χ2v) is 5.37. The molecule has 0 aromatic carbocycles. The summed E-state index contributed by atoms with van der Waals surface area (Å²) in [6, 6.07) is 0. The quantitative estimate of drug-likeness (QED) is 0.664. The zero-order valence-electron chi connectivity index (χ0n) is 10.1. The van der Waals surface area contributed by atoms with Gasteiger partial charge in [0, 0.05) is 13.1 Å². The van der Waals surface area contributed by atoms with Gasteiger partial charge >= 0.3 is 12.1 Å². The summed E-state index contributed by atoms with van der Waals surface area (Å²) < 4.78 is 31.7. The van der Waals surface area contributed by atoms with Crippen molar-refractivity contribution in [2.75, 3.05) is 13.1 Å². The molecule has 4 nitrogen and oxygen atoms in total. The van der Waals surface area contributed by atoms with Gasteiger partial charge in [-0.15, -0.1) is 0 Å². The normalized spacial score (nSPS) is 18.8. The Kier molecular flexibility index (Phi) is 4.97. The van der Waals surface area contributed by atoms with E-state index in [9.17, 15) is 18.3 Å². The maximum atomic E-state index is 10.6. The summed E-state index contributed by atoms with van der Waals surface area (Å²) in [6.45, 7) is 8.00. The number of halogens is 3. The number of nitrogens with one attached hydrogen (secondary N) is 1. The molecule has 1 aliphatic rings. The summed E-state index contributed by atoms with van der Waals surface area (Å²) in [4.78, 5) is 8.90. The average molecular weight is 257 g/mol. The summed E-state index contributed by atoms with van der Waals surface area (Å²) in [5.41, 5.74) is -0.158. The molecule has 0 aromatic rings. The van der Waals surface area contributed by atoms with Gasteiger partial charge in [0.2, 0.25) is 0 Å². The van der Waals surface area contributed by atoms with E-state index >= 15 is 0 Å². The number of carboxylic acid groups (broad SMARTS) is 1. The number of carbonyl (C=O) groups is 1. The van der Waals surface area contributed by atoms with Crippen molar-refractivity contribution in [2.45, 2.75) is 39.0 Å². The number of hydrogen-bond acceptors (Lipinski definition) is 3. The molecule has 0 amide bonds. The average Bonchev–Trinajstić information content (AvgIpc) is 1.97. The van der Waals surface area contributed by atoms with Crippen LogP contribution < -0.4 is 5.32 Å². The third-order valence-electron chi connectivity index (χ3n) is 2.01. The highest BCUT2D eigenvalue weighted by Gasteiger charge is 2.38. The van der Waals surface area contributed by atoms with E-state index in [1.54, 1.807) is 0 Å². The Balaban J connectivity index is 0.000000325. The molecule has 1 saturated heterocycles. The molecule has 1 fully saturated rings. The number of aliphatic carboxylic acids is 1. The minimum atomic E-state index is -5.08. The Bertz CT molecular complexity index is 267. The van der Waals surface area contributed by atoms with Crippen molar-refractivity contribution in [3.05, 3.63) is 0 Å². The van der Waals surface area contributed by atoms with Gasteiger partial charge in [-0.2, -0.15) is 13.2 Å². The molecule has 0 atom stereocenters. The highest BCUT2D eigenvalue weighted by atomic mass is 19.4. The van der Waals surface area contributed by atoms with Crippen LogP contribution in [0.25, 0.3) is 0 Å². The predicted octanol–water partition coefficient (Wildman–Crippen LogP) is 1.39.